The lowest BCUT2D eigenvalue weighted by molar-refractivity contribution is 0.101. The Morgan fingerprint density at radius 3 is 1.27 bits per heavy atom. The molecule has 11 rings (SSSR count). The van der Waals surface area contributed by atoms with Crippen molar-refractivity contribution in [3.63, 3.8) is 0 Å². The second-order valence-corrected chi connectivity index (χ2v) is 23.0. The molecule has 504 valence electrons. The molecule has 0 aliphatic carbocycles. The van der Waals surface area contributed by atoms with Crippen molar-refractivity contribution >= 4 is 139 Å². The van der Waals surface area contributed by atoms with E-state index in [1.807, 2.05) is 52.0 Å². The van der Waals surface area contributed by atoms with E-state index < -0.39 is 29.1 Å². The van der Waals surface area contributed by atoms with E-state index in [2.05, 4.69) is 60.8 Å². The Hall–Kier alpha value is -12.1. The molecule has 23 nitrogen and oxygen atoms in total. The Morgan fingerprint density at radius 2 is 0.869 bits per heavy atom. The third-order valence-electron chi connectivity index (χ3n) is 13.4. The van der Waals surface area contributed by atoms with Crippen LogP contribution in [-0.2, 0) is 0 Å². The smallest absolute Gasteiger partial charge is 0.398 e. The number of anilines is 7. The maximum absolute atomic E-state index is 12.8. The van der Waals surface area contributed by atoms with Crippen molar-refractivity contribution in [2.24, 2.45) is 0 Å². The molecule has 0 bridgehead atoms. The number of carbonyl (C=O) groups is 5. The Kier molecular flexibility index (Phi) is 27.7. The zero-order valence-corrected chi connectivity index (χ0v) is 56.1. The van der Waals surface area contributed by atoms with E-state index >= 15 is 0 Å². The highest BCUT2D eigenvalue weighted by Gasteiger charge is 2.19. The lowest BCUT2D eigenvalue weighted by Gasteiger charge is -2.14. The predicted molar refractivity (Wildman–Crippen MR) is 393 cm³/mol. The van der Waals surface area contributed by atoms with Crippen LogP contribution in [0.25, 0.3) is 15.7 Å². The molecule has 11 aromatic rings. The zero-order chi connectivity index (χ0) is 71.2. The van der Waals surface area contributed by atoms with Gasteiger partial charge in [0.05, 0.1) is 45.5 Å². The number of hydrogen-bond donors (Lipinski definition) is 9. The second-order valence-electron chi connectivity index (χ2n) is 21.3. The van der Waals surface area contributed by atoms with Gasteiger partial charge in [0.1, 0.15) is 29.1 Å². The number of rotatable bonds is 11. The molecule has 0 saturated carbocycles. The highest BCUT2D eigenvalue weighted by atomic mass is 35.5. The molecular formula is C72H65Cl4N15O8. The number of fused-ring (bicyclic) bond motifs is 1. The number of halogens is 4. The van der Waals surface area contributed by atoms with Crippen LogP contribution in [0.5, 0.6) is 0 Å². The SMILES string of the molecule is C.Cc1ccc(N)nc1.Cc1ccc(NC(=O)c2cc(Cl)ccc2N)nc1.Cc1ccc(NC(=O)c2cc(Cl)ccc2NC(=O)c2ccc(C(=N)N(C)C)cc2)nc1.O=c1[nH]c2ccc(Cl)cc2c(=O)o1.[C-]#[N+]c1ccc(C(=O)Nc2ccc(Cl)cc2C(=O)Nc2ccc(C)cn2)cc1. The molecular weight excluding hydrogens is 1340 g/mol. The van der Waals surface area contributed by atoms with Crippen LogP contribution in [0.1, 0.15) is 87.0 Å². The van der Waals surface area contributed by atoms with Gasteiger partial charge < -0.3 is 47.4 Å². The number of carbonyl (C=O) groups excluding carboxylic acids is 5. The number of aryl methyl sites for hydroxylation is 4. The first-order chi connectivity index (χ1) is 46.7. The molecule has 99 heavy (non-hydrogen) atoms. The number of amidine groups is 1. The second kappa shape index (κ2) is 36.2. The van der Waals surface area contributed by atoms with Gasteiger partial charge in [0.2, 0.25) is 0 Å². The Balaban J connectivity index is 0.000000207. The summed E-state index contributed by atoms with van der Waals surface area (Å²) in [6.45, 7) is 14.7. The van der Waals surface area contributed by atoms with Crippen LogP contribution in [0, 0.1) is 39.7 Å². The number of aromatic amines is 1. The summed E-state index contributed by atoms with van der Waals surface area (Å²) in [5, 5.41) is 23.4. The molecule has 5 amide bonds. The van der Waals surface area contributed by atoms with Gasteiger partial charge in [-0.1, -0.05) is 114 Å². The minimum Gasteiger partial charge on any atom is -0.398 e. The summed E-state index contributed by atoms with van der Waals surface area (Å²) in [6.07, 6.45) is 6.71. The molecule has 27 heteroatoms. The summed E-state index contributed by atoms with van der Waals surface area (Å²) in [7, 11) is 3.56. The minimum absolute atomic E-state index is 0. The number of nitrogens with zero attached hydrogens (tertiary/aromatic N) is 6. The molecule has 0 spiro atoms. The Bertz CT molecular complexity index is 4840. The maximum Gasteiger partial charge on any atom is 0.419 e. The van der Waals surface area contributed by atoms with E-state index in [4.69, 9.17) is 69.9 Å². The first-order valence-corrected chi connectivity index (χ1v) is 30.6. The maximum atomic E-state index is 12.8. The molecule has 0 radical (unpaired) electrons. The highest BCUT2D eigenvalue weighted by Crippen LogP contribution is 2.26. The summed E-state index contributed by atoms with van der Waals surface area (Å²) >= 11 is 23.6. The van der Waals surface area contributed by atoms with Crippen molar-refractivity contribution in [2.45, 2.75) is 35.1 Å². The first-order valence-electron chi connectivity index (χ1n) is 29.1. The van der Waals surface area contributed by atoms with Gasteiger partial charge in [0, 0.05) is 81.4 Å². The molecule has 5 heterocycles. The quantitative estimate of drug-likeness (QED) is 0.0251. The van der Waals surface area contributed by atoms with Gasteiger partial charge in [-0.05, 0) is 159 Å². The van der Waals surface area contributed by atoms with Crippen LogP contribution < -0.4 is 49.4 Å². The average molecular weight is 1410 g/mol. The van der Waals surface area contributed by atoms with Crippen molar-refractivity contribution < 1.29 is 28.4 Å². The van der Waals surface area contributed by atoms with Crippen molar-refractivity contribution in [1.29, 1.82) is 5.41 Å². The van der Waals surface area contributed by atoms with E-state index in [0.29, 0.717) is 99.7 Å². The zero-order valence-electron chi connectivity index (χ0n) is 53.1. The van der Waals surface area contributed by atoms with Gasteiger partial charge in [0.15, 0.2) is 5.69 Å². The molecule has 0 atom stereocenters. The Morgan fingerprint density at radius 1 is 0.485 bits per heavy atom. The van der Waals surface area contributed by atoms with E-state index in [9.17, 15) is 33.6 Å². The van der Waals surface area contributed by atoms with Gasteiger partial charge in [-0.15, -0.1) is 0 Å². The van der Waals surface area contributed by atoms with Crippen molar-refractivity contribution in [3.05, 3.63) is 303 Å². The van der Waals surface area contributed by atoms with E-state index in [1.165, 1.54) is 24.3 Å². The number of hydrogen-bond acceptors (Lipinski definition) is 15. The monoisotopic (exact) mass is 1410 g/mol. The minimum atomic E-state index is -0.764. The van der Waals surface area contributed by atoms with Crippen LogP contribution in [0.2, 0.25) is 20.1 Å². The van der Waals surface area contributed by atoms with Crippen molar-refractivity contribution in [1.82, 2.24) is 29.8 Å². The number of pyridine rings is 4. The summed E-state index contributed by atoms with van der Waals surface area (Å²) in [5.41, 5.74) is 18.6. The van der Waals surface area contributed by atoms with Gasteiger partial charge in [-0.3, -0.25) is 34.4 Å². The number of benzene rings is 6. The number of aromatic nitrogens is 5. The van der Waals surface area contributed by atoms with Crippen LogP contribution in [-0.4, -0.2) is 79.3 Å². The van der Waals surface area contributed by atoms with Crippen LogP contribution in [0.4, 0.5) is 46.0 Å². The van der Waals surface area contributed by atoms with E-state index in [1.54, 1.807) is 165 Å². The van der Waals surface area contributed by atoms with Gasteiger partial charge in [-0.25, -0.2) is 34.4 Å². The predicted octanol–water partition coefficient (Wildman–Crippen LogP) is 15.2. The molecule has 5 aromatic heterocycles. The number of nitrogens with one attached hydrogen (secondary N) is 7. The molecule has 0 saturated heterocycles. The molecule has 11 N–H and O–H groups in total. The van der Waals surface area contributed by atoms with Crippen LogP contribution in [0.15, 0.2) is 209 Å². The Labute approximate surface area is 588 Å². The van der Waals surface area contributed by atoms with Crippen molar-refractivity contribution in [2.75, 3.05) is 52.1 Å². The molecule has 6 aromatic carbocycles. The van der Waals surface area contributed by atoms with Crippen molar-refractivity contribution in [3.8, 4) is 0 Å². The normalized spacial score (nSPS) is 10.0. The number of nitrogens with two attached hydrogens (primary N) is 2. The van der Waals surface area contributed by atoms with Gasteiger partial charge >= 0.3 is 11.4 Å². The number of nitrogen functional groups attached to an aromatic ring is 2. The number of amides is 5. The topological polar surface area (TPSA) is 344 Å². The van der Waals surface area contributed by atoms with Crippen LogP contribution >= 0.6 is 46.4 Å². The van der Waals surface area contributed by atoms with Crippen LogP contribution in [0.3, 0.4) is 0 Å². The fourth-order valence-corrected chi connectivity index (χ4v) is 8.88. The largest absolute Gasteiger partial charge is 0.419 e. The van der Waals surface area contributed by atoms with E-state index in [-0.39, 0.29) is 35.8 Å². The standard InChI is InChI=1S/C23H22ClN5O2.C21H15ClN4O2.C13H12ClN3O.C8H4ClNO3.C6H8N2.CH4/c1-14-4-11-20(26-13-14)28-23(31)18-12-17(24)9-10-19(18)27-22(30)16-7-5-15(6-8-16)21(25)29(2)3;1-13-3-10-19(24-12-13)26-21(28)17-11-15(22)6-9-18(17)25-20(27)14-4-7-16(23-2)8-5-14;1-8-2-5-12(16-7-8)17-13(18)10-6-9(14)3-4-11(10)15;9-4-1-2-6-5(3-4)7(11)13-8(12)10-6;1-5-2-3-6(7)8-4-5;/h4-13,25H,1-3H3,(H,27,30)(H,26,28,31);3-12H,1H3,(H,25,27)(H,24,26,28);2-7H,15H2,1H3,(H,16,17,18);1-3H,(H,10,12);2-4H,1H3,(H2,7,8);1H4. The highest BCUT2D eigenvalue weighted by molar-refractivity contribution is 6.32. The first kappa shape index (κ1) is 76.0. The third kappa shape index (κ3) is 23.1. The summed E-state index contributed by atoms with van der Waals surface area (Å²) in [6, 6.07) is 45.9. The lowest BCUT2D eigenvalue weighted by atomic mass is 10.1. The third-order valence-corrected chi connectivity index (χ3v) is 14.3. The lowest BCUT2D eigenvalue weighted by Crippen LogP contribution is -2.22. The number of H-pyrrole nitrogens is 1. The average Bonchev–Trinajstić information content (AvgIpc) is 0.836. The van der Waals surface area contributed by atoms with Gasteiger partial charge in [-0.2, -0.15) is 0 Å². The van der Waals surface area contributed by atoms with E-state index in [0.717, 1.165) is 22.3 Å². The fraction of sp³-hybridized carbons (Fsp3) is 0.0972. The summed E-state index contributed by atoms with van der Waals surface area (Å²) in [5.74, 6) is -0.579. The molecule has 0 aliphatic rings. The molecule has 0 unspecified atom stereocenters. The summed E-state index contributed by atoms with van der Waals surface area (Å²) in [4.78, 5) is 108. The summed E-state index contributed by atoms with van der Waals surface area (Å²) < 4.78 is 4.32. The van der Waals surface area contributed by atoms with Gasteiger partial charge in [0.25, 0.3) is 29.5 Å². The fourth-order valence-electron chi connectivity index (χ4n) is 8.19. The molecule has 0 aliphatic heterocycles. The molecule has 0 fully saturated rings.